The SMILES string of the molecule is CC(C)CC1CN(C)CC2CCCC2N1. The molecule has 0 bridgehead atoms. The molecule has 1 aliphatic carbocycles. The fourth-order valence-electron chi connectivity index (χ4n) is 3.39. The number of nitrogens with zero attached hydrogens (tertiary/aromatic N) is 1. The zero-order valence-electron chi connectivity index (χ0n) is 10.5. The first-order valence-corrected chi connectivity index (χ1v) is 6.59. The fourth-order valence-corrected chi connectivity index (χ4v) is 3.39. The third-order valence-corrected chi connectivity index (χ3v) is 3.94. The second-order valence-electron chi connectivity index (χ2n) is 6.01. The standard InChI is InChI=1S/C13H26N2/c1-10(2)7-12-9-15(3)8-11-5-4-6-13(11)14-12/h10-14H,4-9H2,1-3H3. The van der Waals surface area contributed by atoms with Gasteiger partial charge in [0.05, 0.1) is 0 Å². The molecule has 2 rings (SSSR count). The molecule has 1 heterocycles. The summed E-state index contributed by atoms with van der Waals surface area (Å²) < 4.78 is 0. The van der Waals surface area contributed by atoms with Gasteiger partial charge in [-0.2, -0.15) is 0 Å². The fraction of sp³-hybridized carbons (Fsp3) is 1.00. The van der Waals surface area contributed by atoms with E-state index in [4.69, 9.17) is 0 Å². The highest BCUT2D eigenvalue weighted by Crippen LogP contribution is 2.29. The van der Waals surface area contributed by atoms with Gasteiger partial charge in [0.1, 0.15) is 0 Å². The maximum atomic E-state index is 3.90. The quantitative estimate of drug-likeness (QED) is 0.751. The zero-order chi connectivity index (χ0) is 10.8. The van der Waals surface area contributed by atoms with E-state index >= 15 is 0 Å². The maximum Gasteiger partial charge on any atom is 0.0200 e. The molecule has 3 atom stereocenters. The Kier molecular flexibility index (Phi) is 3.68. The molecule has 2 heteroatoms. The molecule has 0 aromatic carbocycles. The third kappa shape index (κ3) is 2.94. The number of hydrogen-bond acceptors (Lipinski definition) is 2. The van der Waals surface area contributed by atoms with Crippen molar-refractivity contribution in [3.8, 4) is 0 Å². The summed E-state index contributed by atoms with van der Waals surface area (Å²) in [5, 5.41) is 3.90. The lowest BCUT2D eigenvalue weighted by molar-refractivity contribution is 0.281. The summed E-state index contributed by atoms with van der Waals surface area (Å²) in [5.74, 6) is 1.74. The second kappa shape index (κ2) is 4.84. The van der Waals surface area contributed by atoms with Gasteiger partial charge in [-0.1, -0.05) is 20.3 Å². The predicted octanol–water partition coefficient (Wildman–Crippen LogP) is 2.10. The minimum Gasteiger partial charge on any atom is -0.310 e. The molecule has 88 valence electrons. The Balaban J connectivity index is 1.95. The average Bonchev–Trinajstić information content (AvgIpc) is 2.45. The number of likely N-dealkylation sites (N-methyl/N-ethyl adjacent to an activating group) is 1. The molecule has 2 aliphatic rings. The molecule has 0 amide bonds. The molecule has 3 unspecified atom stereocenters. The van der Waals surface area contributed by atoms with Crippen molar-refractivity contribution in [3.05, 3.63) is 0 Å². The first kappa shape index (κ1) is 11.4. The summed E-state index contributed by atoms with van der Waals surface area (Å²) in [7, 11) is 2.29. The van der Waals surface area contributed by atoms with Crippen molar-refractivity contribution in [1.29, 1.82) is 0 Å². The van der Waals surface area contributed by atoms with Crippen molar-refractivity contribution in [2.75, 3.05) is 20.1 Å². The molecule has 1 saturated carbocycles. The van der Waals surface area contributed by atoms with Crippen LogP contribution in [-0.4, -0.2) is 37.1 Å². The summed E-state index contributed by atoms with van der Waals surface area (Å²) in [6, 6.07) is 1.54. The molecule has 15 heavy (non-hydrogen) atoms. The molecule has 0 aromatic rings. The topological polar surface area (TPSA) is 15.3 Å². The Morgan fingerprint density at radius 1 is 1.27 bits per heavy atom. The molecule has 1 aliphatic heterocycles. The van der Waals surface area contributed by atoms with Crippen LogP contribution in [0.4, 0.5) is 0 Å². The van der Waals surface area contributed by atoms with Crippen LogP contribution in [0.15, 0.2) is 0 Å². The van der Waals surface area contributed by atoms with Gasteiger partial charge in [0.2, 0.25) is 0 Å². The molecule has 2 nitrogen and oxygen atoms in total. The Morgan fingerprint density at radius 3 is 2.80 bits per heavy atom. The second-order valence-corrected chi connectivity index (χ2v) is 6.01. The highest BCUT2D eigenvalue weighted by molar-refractivity contribution is 4.91. The number of hydrogen-bond donors (Lipinski definition) is 1. The number of fused-ring (bicyclic) bond motifs is 1. The van der Waals surface area contributed by atoms with Crippen LogP contribution in [0.1, 0.15) is 39.5 Å². The minimum atomic E-state index is 0.725. The molecule has 0 aromatic heterocycles. The van der Waals surface area contributed by atoms with Crippen LogP contribution in [-0.2, 0) is 0 Å². The first-order chi connectivity index (χ1) is 7.15. The predicted molar refractivity (Wildman–Crippen MR) is 65.0 cm³/mol. The Morgan fingerprint density at radius 2 is 2.07 bits per heavy atom. The van der Waals surface area contributed by atoms with Gasteiger partial charge < -0.3 is 10.2 Å². The van der Waals surface area contributed by atoms with Gasteiger partial charge in [-0.3, -0.25) is 0 Å². The van der Waals surface area contributed by atoms with Crippen LogP contribution in [0.25, 0.3) is 0 Å². The van der Waals surface area contributed by atoms with Crippen molar-refractivity contribution in [2.45, 2.75) is 51.6 Å². The summed E-state index contributed by atoms with van der Waals surface area (Å²) in [5.41, 5.74) is 0. The lowest BCUT2D eigenvalue weighted by atomic mass is 10.0. The summed E-state index contributed by atoms with van der Waals surface area (Å²) in [6.45, 7) is 7.22. The van der Waals surface area contributed by atoms with Crippen LogP contribution in [0, 0.1) is 11.8 Å². The number of rotatable bonds is 2. The van der Waals surface area contributed by atoms with Crippen LogP contribution in [0.5, 0.6) is 0 Å². The van der Waals surface area contributed by atoms with Crippen LogP contribution in [0.2, 0.25) is 0 Å². The van der Waals surface area contributed by atoms with Crippen LogP contribution < -0.4 is 5.32 Å². The van der Waals surface area contributed by atoms with Crippen molar-refractivity contribution < 1.29 is 0 Å². The molecule has 2 fully saturated rings. The van der Waals surface area contributed by atoms with Gasteiger partial charge in [0, 0.05) is 25.2 Å². The zero-order valence-corrected chi connectivity index (χ0v) is 10.5. The van der Waals surface area contributed by atoms with E-state index in [0.29, 0.717) is 0 Å². The number of nitrogens with one attached hydrogen (secondary N) is 1. The van der Waals surface area contributed by atoms with E-state index in [1.54, 1.807) is 0 Å². The van der Waals surface area contributed by atoms with E-state index in [-0.39, 0.29) is 0 Å². The van der Waals surface area contributed by atoms with Gasteiger partial charge in [-0.15, -0.1) is 0 Å². The van der Waals surface area contributed by atoms with Crippen molar-refractivity contribution >= 4 is 0 Å². The Bertz CT molecular complexity index is 203. The summed E-state index contributed by atoms with van der Waals surface area (Å²) >= 11 is 0. The minimum absolute atomic E-state index is 0.725. The van der Waals surface area contributed by atoms with E-state index in [0.717, 1.165) is 23.9 Å². The van der Waals surface area contributed by atoms with E-state index in [1.165, 1.54) is 38.8 Å². The van der Waals surface area contributed by atoms with Crippen molar-refractivity contribution in [1.82, 2.24) is 10.2 Å². The third-order valence-electron chi connectivity index (χ3n) is 3.94. The van der Waals surface area contributed by atoms with Crippen molar-refractivity contribution in [2.24, 2.45) is 11.8 Å². The molecule has 1 N–H and O–H groups in total. The summed E-state index contributed by atoms with van der Waals surface area (Å²) in [4.78, 5) is 2.54. The molecular formula is C13H26N2. The lowest BCUT2D eigenvalue weighted by Crippen LogP contribution is -2.41. The van der Waals surface area contributed by atoms with Crippen molar-refractivity contribution in [3.63, 3.8) is 0 Å². The highest BCUT2D eigenvalue weighted by atomic mass is 15.2. The molecule has 0 spiro atoms. The average molecular weight is 210 g/mol. The monoisotopic (exact) mass is 210 g/mol. The Labute approximate surface area is 94.4 Å². The van der Waals surface area contributed by atoms with Gasteiger partial charge in [0.25, 0.3) is 0 Å². The van der Waals surface area contributed by atoms with Gasteiger partial charge in [-0.25, -0.2) is 0 Å². The Hall–Kier alpha value is -0.0800. The largest absolute Gasteiger partial charge is 0.310 e. The smallest absolute Gasteiger partial charge is 0.0200 e. The van der Waals surface area contributed by atoms with E-state index in [9.17, 15) is 0 Å². The van der Waals surface area contributed by atoms with E-state index < -0.39 is 0 Å². The van der Waals surface area contributed by atoms with E-state index in [1.807, 2.05) is 0 Å². The normalized spacial score (nSPS) is 38.0. The highest BCUT2D eigenvalue weighted by Gasteiger charge is 2.33. The van der Waals surface area contributed by atoms with Crippen LogP contribution in [0.3, 0.4) is 0 Å². The van der Waals surface area contributed by atoms with Gasteiger partial charge >= 0.3 is 0 Å². The molecular weight excluding hydrogens is 184 g/mol. The molecule has 0 radical (unpaired) electrons. The van der Waals surface area contributed by atoms with Crippen LogP contribution >= 0.6 is 0 Å². The van der Waals surface area contributed by atoms with Gasteiger partial charge in [0.15, 0.2) is 0 Å². The first-order valence-electron chi connectivity index (χ1n) is 6.59. The lowest BCUT2D eigenvalue weighted by Gasteiger charge is -2.24. The van der Waals surface area contributed by atoms with E-state index in [2.05, 4.69) is 31.1 Å². The summed E-state index contributed by atoms with van der Waals surface area (Å²) in [6.07, 6.45) is 5.61. The molecule has 1 saturated heterocycles. The maximum absolute atomic E-state index is 3.90. The van der Waals surface area contributed by atoms with Gasteiger partial charge in [-0.05, 0) is 38.1 Å².